The predicted octanol–water partition coefficient (Wildman–Crippen LogP) is 3.82. The summed E-state index contributed by atoms with van der Waals surface area (Å²) in [5.41, 5.74) is 1.66. The van der Waals surface area contributed by atoms with Gasteiger partial charge in [0.15, 0.2) is 5.78 Å². The first-order valence-corrected chi connectivity index (χ1v) is 8.74. The molecule has 2 heterocycles. The van der Waals surface area contributed by atoms with E-state index in [2.05, 4.69) is 6.92 Å². The van der Waals surface area contributed by atoms with Crippen molar-refractivity contribution in [3.8, 4) is 11.5 Å². The molecule has 1 aliphatic heterocycles. The molecule has 1 aromatic carbocycles. The Hall–Kier alpha value is -2.30. The smallest absolute Gasteiger partial charge is 0.336 e. The second-order valence-corrected chi connectivity index (χ2v) is 7.25. The van der Waals surface area contributed by atoms with Crippen molar-refractivity contribution in [1.29, 1.82) is 0 Å². The highest BCUT2D eigenvalue weighted by Crippen LogP contribution is 2.43. The summed E-state index contributed by atoms with van der Waals surface area (Å²) >= 11 is 0. The van der Waals surface area contributed by atoms with Crippen LogP contribution in [0.4, 0.5) is 0 Å². The highest BCUT2D eigenvalue weighted by Gasteiger charge is 2.30. The van der Waals surface area contributed by atoms with Gasteiger partial charge in [0.2, 0.25) is 0 Å². The van der Waals surface area contributed by atoms with Crippen LogP contribution in [0.15, 0.2) is 21.3 Å². The minimum Gasteiger partial charge on any atom is -0.487 e. The molecule has 0 unspecified atom stereocenters. The molecule has 0 N–H and O–H groups in total. The predicted molar refractivity (Wildman–Crippen MR) is 95.7 cm³/mol. The molecule has 3 rings (SSSR count). The number of ketones is 1. The number of ether oxygens (including phenoxy) is 2. The summed E-state index contributed by atoms with van der Waals surface area (Å²) in [7, 11) is 0. The van der Waals surface area contributed by atoms with Gasteiger partial charge in [-0.05, 0) is 45.6 Å². The average molecular weight is 344 g/mol. The Labute approximate surface area is 146 Å². The van der Waals surface area contributed by atoms with Gasteiger partial charge in [-0.25, -0.2) is 4.79 Å². The first-order chi connectivity index (χ1) is 11.8. The van der Waals surface area contributed by atoms with Crippen molar-refractivity contribution in [3.05, 3.63) is 33.7 Å². The van der Waals surface area contributed by atoms with Gasteiger partial charge in [0.1, 0.15) is 29.3 Å². The van der Waals surface area contributed by atoms with Gasteiger partial charge in [0.05, 0.1) is 5.39 Å². The van der Waals surface area contributed by atoms with E-state index >= 15 is 0 Å². The van der Waals surface area contributed by atoms with Gasteiger partial charge in [-0.15, -0.1) is 0 Å². The molecule has 5 nitrogen and oxygen atoms in total. The molecule has 0 bridgehead atoms. The molecule has 0 atom stereocenters. The summed E-state index contributed by atoms with van der Waals surface area (Å²) in [4.78, 5) is 23.4. The third-order valence-corrected chi connectivity index (χ3v) is 4.44. The number of carbonyl (C=O) groups excluding carboxylic acids is 1. The van der Waals surface area contributed by atoms with Crippen molar-refractivity contribution in [3.63, 3.8) is 0 Å². The molecule has 0 saturated heterocycles. The molecule has 0 amide bonds. The minimum atomic E-state index is -0.369. The van der Waals surface area contributed by atoms with Crippen molar-refractivity contribution in [2.24, 2.45) is 0 Å². The molecule has 1 aromatic heterocycles. The fraction of sp³-hybridized carbons (Fsp3) is 0.500. The Balaban J connectivity index is 2.27. The van der Waals surface area contributed by atoms with Crippen LogP contribution < -0.4 is 15.1 Å². The third-order valence-electron chi connectivity index (χ3n) is 4.44. The van der Waals surface area contributed by atoms with E-state index in [4.69, 9.17) is 13.9 Å². The summed E-state index contributed by atoms with van der Waals surface area (Å²) < 4.78 is 17.4. The molecule has 5 heteroatoms. The van der Waals surface area contributed by atoms with Crippen LogP contribution in [0.5, 0.6) is 11.5 Å². The summed E-state index contributed by atoms with van der Waals surface area (Å²) in [6, 6.07) is 3.35. The molecule has 0 saturated carbocycles. The topological polar surface area (TPSA) is 65.7 Å². The van der Waals surface area contributed by atoms with E-state index < -0.39 is 0 Å². The molecule has 134 valence electrons. The molecule has 1 aliphatic rings. The maximum atomic E-state index is 12.1. The van der Waals surface area contributed by atoms with Crippen LogP contribution in [0.2, 0.25) is 0 Å². The van der Waals surface area contributed by atoms with Gasteiger partial charge in [-0.3, -0.25) is 4.79 Å². The quantitative estimate of drug-likeness (QED) is 0.772. The van der Waals surface area contributed by atoms with Gasteiger partial charge in [0.25, 0.3) is 0 Å². The molecule has 2 aromatic rings. The maximum Gasteiger partial charge on any atom is 0.336 e. The Morgan fingerprint density at radius 1 is 1.32 bits per heavy atom. The molecular formula is C20H24O5. The zero-order valence-electron chi connectivity index (χ0n) is 15.2. The lowest BCUT2D eigenvalue weighted by Crippen LogP contribution is -2.32. The number of Topliss-reactive ketones (excluding diaryl/α,β-unsaturated/α-hetero) is 1. The molecular weight excluding hydrogens is 320 g/mol. The molecule has 0 aliphatic carbocycles. The lowest BCUT2D eigenvalue weighted by atomic mass is 9.91. The highest BCUT2D eigenvalue weighted by molar-refractivity contribution is 5.92. The van der Waals surface area contributed by atoms with E-state index in [-0.39, 0.29) is 23.6 Å². The van der Waals surface area contributed by atoms with E-state index in [0.717, 1.165) is 42.2 Å². The first-order valence-electron chi connectivity index (χ1n) is 8.74. The standard InChI is InChI=1S/C20H24O5/c1-5-6-13-9-17(22)24-19-14-7-8-20(3,4)25-15(14)10-16(18(13)19)23-11-12(2)21/h9-10H,5-8,11H2,1-4H3. The van der Waals surface area contributed by atoms with Crippen molar-refractivity contribution >= 4 is 16.8 Å². The molecule has 0 spiro atoms. The number of fused-ring (bicyclic) bond motifs is 3. The Morgan fingerprint density at radius 3 is 2.76 bits per heavy atom. The SMILES string of the molecule is CCCc1cc(=O)oc2c3c(cc(OCC(C)=O)c12)OC(C)(C)CC3. The molecule has 0 radical (unpaired) electrons. The van der Waals surface area contributed by atoms with E-state index in [1.165, 1.54) is 13.0 Å². The van der Waals surface area contributed by atoms with Crippen LogP contribution in [-0.4, -0.2) is 18.0 Å². The fourth-order valence-corrected chi connectivity index (χ4v) is 3.28. The normalized spacial score (nSPS) is 15.5. The van der Waals surface area contributed by atoms with Crippen molar-refractivity contribution in [2.75, 3.05) is 6.61 Å². The number of rotatable bonds is 5. The number of benzene rings is 1. The maximum absolute atomic E-state index is 12.1. The van der Waals surface area contributed by atoms with E-state index in [9.17, 15) is 9.59 Å². The van der Waals surface area contributed by atoms with Crippen LogP contribution in [0, 0.1) is 0 Å². The highest BCUT2D eigenvalue weighted by atomic mass is 16.5. The van der Waals surface area contributed by atoms with Crippen molar-refractivity contribution in [1.82, 2.24) is 0 Å². The average Bonchev–Trinajstić information content (AvgIpc) is 2.51. The number of carbonyl (C=O) groups is 1. The monoisotopic (exact) mass is 344 g/mol. The summed E-state index contributed by atoms with van der Waals surface area (Å²) in [5.74, 6) is 1.13. The number of hydrogen-bond acceptors (Lipinski definition) is 5. The van der Waals surface area contributed by atoms with Gasteiger partial charge >= 0.3 is 5.63 Å². The second kappa shape index (κ2) is 6.54. The van der Waals surface area contributed by atoms with Gasteiger partial charge < -0.3 is 13.9 Å². The van der Waals surface area contributed by atoms with E-state index in [1.54, 1.807) is 0 Å². The number of hydrogen-bond donors (Lipinski definition) is 0. The van der Waals surface area contributed by atoms with Crippen molar-refractivity contribution in [2.45, 2.75) is 59.0 Å². The first kappa shape index (κ1) is 17.5. The summed E-state index contributed by atoms with van der Waals surface area (Å²) in [5, 5.41) is 0.782. The van der Waals surface area contributed by atoms with E-state index in [0.29, 0.717) is 17.1 Å². The lowest BCUT2D eigenvalue weighted by Gasteiger charge is -2.33. The second-order valence-electron chi connectivity index (χ2n) is 7.25. The van der Waals surface area contributed by atoms with Crippen LogP contribution in [0.3, 0.4) is 0 Å². The van der Waals surface area contributed by atoms with Crippen LogP contribution in [0.25, 0.3) is 11.0 Å². The van der Waals surface area contributed by atoms with Gasteiger partial charge in [-0.2, -0.15) is 0 Å². The van der Waals surface area contributed by atoms with Crippen LogP contribution in [-0.2, 0) is 17.6 Å². The Morgan fingerprint density at radius 2 is 2.08 bits per heavy atom. The third kappa shape index (κ3) is 3.55. The van der Waals surface area contributed by atoms with Crippen molar-refractivity contribution < 1.29 is 18.7 Å². The van der Waals surface area contributed by atoms with Crippen LogP contribution >= 0.6 is 0 Å². The number of aryl methyl sites for hydroxylation is 2. The molecule has 0 fully saturated rings. The van der Waals surface area contributed by atoms with Crippen LogP contribution in [0.1, 0.15) is 51.7 Å². The largest absolute Gasteiger partial charge is 0.487 e. The Kier molecular flexibility index (Phi) is 4.58. The zero-order valence-corrected chi connectivity index (χ0v) is 15.2. The zero-order chi connectivity index (χ0) is 18.2. The van der Waals surface area contributed by atoms with Gasteiger partial charge in [-0.1, -0.05) is 13.3 Å². The lowest BCUT2D eigenvalue weighted by molar-refractivity contribution is -0.118. The Bertz CT molecular complexity index is 876. The summed E-state index contributed by atoms with van der Waals surface area (Å²) in [6.45, 7) is 7.57. The van der Waals surface area contributed by atoms with E-state index in [1.807, 2.05) is 19.9 Å². The van der Waals surface area contributed by atoms with Gasteiger partial charge in [0, 0.05) is 17.7 Å². The molecule has 25 heavy (non-hydrogen) atoms. The summed E-state index contributed by atoms with van der Waals surface area (Å²) in [6.07, 6.45) is 3.24. The fourth-order valence-electron chi connectivity index (χ4n) is 3.28. The minimum absolute atomic E-state index is 0.0258.